The summed E-state index contributed by atoms with van der Waals surface area (Å²) >= 11 is 0.624. The van der Waals surface area contributed by atoms with E-state index in [0.29, 0.717) is 35.9 Å². The highest BCUT2D eigenvalue weighted by Gasteiger charge is 2.37. The van der Waals surface area contributed by atoms with Crippen LogP contribution >= 0.6 is 11.8 Å². The smallest absolute Gasteiger partial charge is 0.416 e. The number of nitro groups is 1. The summed E-state index contributed by atoms with van der Waals surface area (Å²) in [5, 5.41) is 10.7. The van der Waals surface area contributed by atoms with E-state index < -0.39 is 51.8 Å². The number of benzene rings is 2. The van der Waals surface area contributed by atoms with E-state index in [2.05, 4.69) is 0 Å². The second-order valence-corrected chi connectivity index (χ2v) is 8.92. The third kappa shape index (κ3) is 6.62. The Morgan fingerprint density at radius 1 is 1.16 bits per heavy atom. The van der Waals surface area contributed by atoms with Crippen LogP contribution in [0, 0.1) is 10.1 Å². The van der Waals surface area contributed by atoms with Crippen molar-refractivity contribution in [1.29, 1.82) is 0 Å². The zero-order valence-electron chi connectivity index (χ0n) is 20.2. The third-order valence-corrected chi connectivity index (χ3v) is 6.16. The number of carbonyl (C=O) groups excluding carboxylic acids is 3. The minimum absolute atomic E-state index is 0.0282. The number of carbonyl (C=O) groups is 3. The Kier molecular flexibility index (Phi) is 8.66. The molecule has 0 aromatic heterocycles. The van der Waals surface area contributed by atoms with Crippen molar-refractivity contribution >= 4 is 40.6 Å². The molecule has 0 N–H and O–H groups in total. The van der Waals surface area contributed by atoms with Gasteiger partial charge < -0.3 is 14.2 Å². The van der Waals surface area contributed by atoms with E-state index in [1.807, 2.05) is 6.92 Å². The number of nitrogens with zero attached hydrogens (tertiary/aromatic N) is 2. The Morgan fingerprint density at radius 3 is 2.45 bits per heavy atom. The Morgan fingerprint density at radius 2 is 1.84 bits per heavy atom. The van der Waals surface area contributed by atoms with Crippen LogP contribution in [-0.2, 0) is 20.5 Å². The summed E-state index contributed by atoms with van der Waals surface area (Å²) < 4.78 is 54.7. The van der Waals surface area contributed by atoms with Crippen LogP contribution in [0.1, 0.15) is 31.4 Å². The van der Waals surface area contributed by atoms with Gasteiger partial charge in [0.25, 0.3) is 11.1 Å². The lowest BCUT2D eigenvalue weighted by Crippen LogP contribution is -2.35. The molecule has 10 nitrogen and oxygen atoms in total. The fraction of sp³-hybridized carbons (Fsp3) is 0.292. The molecule has 1 heterocycles. The number of hydrogen-bond acceptors (Lipinski definition) is 9. The molecular formula is C24H21F3N2O8S. The summed E-state index contributed by atoms with van der Waals surface area (Å²) in [5.41, 5.74) is -1.73. The molecule has 2 amide bonds. The Hall–Kier alpha value is -4.07. The van der Waals surface area contributed by atoms with Gasteiger partial charge in [-0.1, -0.05) is 13.0 Å². The lowest BCUT2D eigenvalue weighted by Gasteiger charge is -2.15. The number of halogens is 3. The van der Waals surface area contributed by atoms with Crippen LogP contribution in [0.15, 0.2) is 41.3 Å². The first kappa shape index (κ1) is 28.5. The zero-order valence-corrected chi connectivity index (χ0v) is 21.1. The zero-order chi connectivity index (χ0) is 28.2. The second-order valence-electron chi connectivity index (χ2n) is 7.93. The minimum atomic E-state index is -4.78. The van der Waals surface area contributed by atoms with Gasteiger partial charge in [-0.3, -0.25) is 29.4 Å². The fourth-order valence-electron chi connectivity index (χ4n) is 3.16. The van der Waals surface area contributed by atoms with Crippen LogP contribution < -0.4 is 9.47 Å². The molecule has 1 fully saturated rings. The van der Waals surface area contributed by atoms with Gasteiger partial charge in [0.1, 0.15) is 6.54 Å². The van der Waals surface area contributed by atoms with Gasteiger partial charge in [0.15, 0.2) is 11.5 Å². The number of alkyl halides is 3. The molecule has 1 saturated heterocycles. The number of thioether (sulfide) groups is 1. The van der Waals surface area contributed by atoms with Gasteiger partial charge in [-0.2, -0.15) is 13.2 Å². The number of methoxy groups -OCH3 is 1. The maximum atomic E-state index is 13.0. The van der Waals surface area contributed by atoms with Crippen LogP contribution in [0.3, 0.4) is 0 Å². The number of amides is 2. The van der Waals surface area contributed by atoms with Gasteiger partial charge in [-0.25, -0.2) is 0 Å². The molecule has 14 heteroatoms. The number of esters is 1. The molecule has 0 unspecified atom stereocenters. The highest BCUT2D eigenvalue weighted by atomic mass is 32.2. The largest absolute Gasteiger partial charge is 0.493 e. The molecule has 3 rings (SSSR count). The van der Waals surface area contributed by atoms with Crippen molar-refractivity contribution in [2.75, 3.05) is 13.7 Å². The maximum Gasteiger partial charge on any atom is 0.416 e. The van der Waals surface area contributed by atoms with Gasteiger partial charge in [0.05, 0.1) is 28.6 Å². The summed E-state index contributed by atoms with van der Waals surface area (Å²) in [4.78, 5) is 48.1. The normalized spacial score (nSPS) is 15.5. The standard InChI is InChI=1S/C24H21F3N2O8S/c1-4-13(2)36-21(30)12-28-22(31)20(38-23(28)32)10-14-5-7-18(19(9-14)35-3)37-17-8-6-15(24(25,26)27)11-16(17)29(33)34/h5-11,13H,4,12H2,1-3H3/b20-10+/t13-/m1/s1. The topological polar surface area (TPSA) is 125 Å². The molecule has 2 aromatic rings. The number of rotatable bonds is 9. The molecule has 1 aliphatic rings. The lowest BCUT2D eigenvalue weighted by atomic mass is 10.1. The number of hydrogen-bond donors (Lipinski definition) is 0. The first-order valence-corrected chi connectivity index (χ1v) is 11.8. The van der Waals surface area contributed by atoms with Crippen molar-refractivity contribution in [3.8, 4) is 17.2 Å². The van der Waals surface area contributed by atoms with Gasteiger partial charge in [0, 0.05) is 6.07 Å². The van der Waals surface area contributed by atoms with Crippen LogP contribution in [0.4, 0.5) is 23.7 Å². The van der Waals surface area contributed by atoms with E-state index in [1.165, 1.54) is 31.4 Å². The molecule has 2 aromatic carbocycles. The predicted octanol–water partition coefficient (Wildman–Crippen LogP) is 5.79. The second kappa shape index (κ2) is 11.5. The van der Waals surface area contributed by atoms with Gasteiger partial charge in [-0.15, -0.1) is 0 Å². The van der Waals surface area contributed by atoms with Crippen LogP contribution in [-0.4, -0.2) is 46.7 Å². The molecule has 1 aliphatic heterocycles. The van der Waals surface area contributed by atoms with Crippen LogP contribution in [0.5, 0.6) is 17.2 Å². The van der Waals surface area contributed by atoms with Crippen LogP contribution in [0.25, 0.3) is 6.08 Å². The lowest BCUT2D eigenvalue weighted by molar-refractivity contribution is -0.385. The average Bonchev–Trinajstić information content (AvgIpc) is 3.11. The van der Waals surface area contributed by atoms with Crippen molar-refractivity contribution in [3.05, 3.63) is 62.5 Å². The minimum Gasteiger partial charge on any atom is -0.493 e. The summed E-state index contributed by atoms with van der Waals surface area (Å²) in [6, 6.07) is 6.02. The summed E-state index contributed by atoms with van der Waals surface area (Å²) in [7, 11) is 1.27. The van der Waals surface area contributed by atoms with Gasteiger partial charge in [-0.05, 0) is 61.0 Å². The SMILES string of the molecule is CC[C@@H](C)OC(=O)CN1C(=O)S/C(=C/c2ccc(Oc3ccc(C(F)(F)F)cc3[N+](=O)[O-])c(OC)c2)C1=O. The molecule has 38 heavy (non-hydrogen) atoms. The van der Waals surface area contributed by atoms with E-state index in [0.717, 1.165) is 11.0 Å². The Bertz CT molecular complexity index is 1310. The number of imide groups is 1. The summed E-state index contributed by atoms with van der Waals surface area (Å²) in [6.07, 6.45) is -3.20. The highest BCUT2D eigenvalue weighted by molar-refractivity contribution is 8.18. The quantitative estimate of drug-likeness (QED) is 0.164. The molecular weight excluding hydrogens is 533 g/mol. The monoisotopic (exact) mass is 554 g/mol. The van der Waals surface area contributed by atoms with E-state index in [4.69, 9.17) is 14.2 Å². The average molecular weight is 554 g/mol. The summed E-state index contributed by atoms with van der Waals surface area (Å²) in [5.74, 6) is -1.86. The number of ether oxygens (including phenoxy) is 3. The van der Waals surface area contributed by atoms with Gasteiger partial charge in [0.2, 0.25) is 5.75 Å². The Balaban J connectivity index is 1.83. The molecule has 0 saturated carbocycles. The molecule has 0 radical (unpaired) electrons. The van der Waals surface area contributed by atoms with Crippen LogP contribution in [0.2, 0.25) is 0 Å². The molecule has 0 bridgehead atoms. The highest BCUT2D eigenvalue weighted by Crippen LogP contribution is 2.41. The van der Waals surface area contributed by atoms with E-state index in [1.54, 1.807) is 6.92 Å². The third-order valence-electron chi connectivity index (χ3n) is 5.26. The van der Waals surface area contributed by atoms with Crippen molar-refractivity contribution in [1.82, 2.24) is 4.90 Å². The van der Waals surface area contributed by atoms with Crippen molar-refractivity contribution < 1.29 is 46.7 Å². The first-order chi connectivity index (χ1) is 17.8. The fourth-order valence-corrected chi connectivity index (χ4v) is 4.00. The molecule has 1 atom stereocenters. The van der Waals surface area contributed by atoms with E-state index >= 15 is 0 Å². The maximum absolute atomic E-state index is 13.0. The van der Waals surface area contributed by atoms with Gasteiger partial charge >= 0.3 is 17.8 Å². The first-order valence-electron chi connectivity index (χ1n) is 11.0. The molecule has 202 valence electrons. The van der Waals surface area contributed by atoms with Crippen molar-refractivity contribution in [2.24, 2.45) is 0 Å². The molecule has 0 aliphatic carbocycles. The van der Waals surface area contributed by atoms with Crippen molar-refractivity contribution in [3.63, 3.8) is 0 Å². The Labute approximate surface area is 218 Å². The molecule has 0 spiro atoms. The predicted molar refractivity (Wildman–Crippen MR) is 130 cm³/mol. The summed E-state index contributed by atoms with van der Waals surface area (Å²) in [6.45, 7) is 2.96. The van der Waals surface area contributed by atoms with E-state index in [9.17, 15) is 37.7 Å². The number of nitro benzene ring substituents is 1. The van der Waals surface area contributed by atoms with E-state index in [-0.39, 0.29) is 22.5 Å². The van der Waals surface area contributed by atoms with Crippen molar-refractivity contribution in [2.45, 2.75) is 32.5 Å².